The van der Waals surface area contributed by atoms with Gasteiger partial charge >= 0.3 is 12.3 Å². The summed E-state index contributed by atoms with van der Waals surface area (Å²) in [6.07, 6.45) is 1.10. The smallest absolute Gasteiger partial charge is 0.422 e. The molecule has 1 aromatic carbocycles. The summed E-state index contributed by atoms with van der Waals surface area (Å²) in [6, 6.07) is 1.87. The number of carbonyl (C=O) groups is 1. The Hall–Kier alpha value is -2.64. The fraction of sp³-hybridized carbons (Fsp3) is 0.667. The van der Waals surface area contributed by atoms with Gasteiger partial charge in [0.15, 0.2) is 12.4 Å². The van der Waals surface area contributed by atoms with E-state index in [-0.39, 0.29) is 17.3 Å². The van der Waals surface area contributed by atoms with Crippen molar-refractivity contribution in [3.63, 3.8) is 0 Å². The van der Waals surface area contributed by atoms with Crippen molar-refractivity contribution in [1.82, 2.24) is 19.8 Å². The molecule has 1 aromatic heterocycles. The Kier molecular flexibility index (Phi) is 10.4. The molecule has 0 unspecified atom stereocenters. The van der Waals surface area contributed by atoms with Crippen molar-refractivity contribution in [2.24, 2.45) is 11.3 Å². The van der Waals surface area contributed by atoms with Crippen LogP contribution in [0.3, 0.4) is 0 Å². The minimum absolute atomic E-state index is 0.0200. The maximum Gasteiger partial charge on any atom is 0.422 e. The third-order valence-electron chi connectivity index (χ3n) is 9.16. The molecule has 0 bridgehead atoms. The number of likely N-dealkylation sites (tertiary alicyclic amines) is 2. The molecule has 13 heteroatoms. The lowest BCUT2D eigenvalue weighted by Gasteiger charge is -2.53. The summed E-state index contributed by atoms with van der Waals surface area (Å²) in [5.41, 5.74) is 0.440. The summed E-state index contributed by atoms with van der Waals surface area (Å²) in [7, 11) is 1.71. The number of amides is 1. The Balaban J connectivity index is 1.41. The number of methoxy groups -OCH3 is 1. The van der Waals surface area contributed by atoms with Crippen LogP contribution < -0.4 is 9.64 Å². The molecule has 0 atom stereocenters. The van der Waals surface area contributed by atoms with E-state index in [0.29, 0.717) is 77.7 Å². The SMILES string of the molecule is C=Cc1cc2c(N3CCC4(CC3)CN(C(=O)OC(C)(C)C)C4)nc(CC3CCN(CCOC)CC3)nc2c(OCC(F)(F)F)c1Br. The number of hydrogen-bond donors (Lipinski definition) is 0. The first-order valence-electron chi connectivity index (χ1n) is 16.0. The normalized spacial score (nSPS) is 19.4. The van der Waals surface area contributed by atoms with Gasteiger partial charge in [-0.25, -0.2) is 14.8 Å². The van der Waals surface area contributed by atoms with E-state index in [1.165, 1.54) is 0 Å². The van der Waals surface area contributed by atoms with Crippen LogP contribution in [0.15, 0.2) is 17.1 Å². The van der Waals surface area contributed by atoms with Crippen molar-refractivity contribution in [3.05, 3.63) is 28.5 Å². The van der Waals surface area contributed by atoms with E-state index in [1.54, 1.807) is 18.1 Å². The summed E-state index contributed by atoms with van der Waals surface area (Å²) < 4.78 is 56.6. The zero-order chi connectivity index (χ0) is 33.3. The van der Waals surface area contributed by atoms with Crippen LogP contribution in [-0.2, 0) is 15.9 Å². The van der Waals surface area contributed by atoms with Crippen molar-refractivity contribution < 1.29 is 32.2 Å². The van der Waals surface area contributed by atoms with Crippen LogP contribution in [0.4, 0.5) is 23.8 Å². The Labute approximate surface area is 277 Å². The van der Waals surface area contributed by atoms with Crippen molar-refractivity contribution in [1.29, 1.82) is 0 Å². The van der Waals surface area contributed by atoms with E-state index < -0.39 is 18.4 Å². The Bertz CT molecular complexity index is 1410. The molecule has 0 radical (unpaired) electrons. The fourth-order valence-corrected chi connectivity index (χ4v) is 7.23. The second kappa shape index (κ2) is 13.8. The van der Waals surface area contributed by atoms with Crippen molar-refractivity contribution in [2.45, 2.75) is 64.7 Å². The molecule has 9 nitrogen and oxygen atoms in total. The zero-order valence-corrected chi connectivity index (χ0v) is 28.8. The number of ether oxygens (including phenoxy) is 3. The molecule has 1 spiro atoms. The molecular weight excluding hydrogens is 667 g/mol. The van der Waals surface area contributed by atoms with Crippen LogP contribution in [0.2, 0.25) is 0 Å². The molecule has 3 aliphatic rings. The number of halogens is 4. The number of rotatable bonds is 9. The molecule has 4 heterocycles. The molecule has 254 valence electrons. The zero-order valence-electron chi connectivity index (χ0n) is 27.2. The first kappa shape index (κ1) is 34.7. The van der Waals surface area contributed by atoms with Gasteiger partial charge in [-0.1, -0.05) is 12.7 Å². The molecule has 3 fully saturated rings. The van der Waals surface area contributed by atoms with E-state index in [4.69, 9.17) is 24.2 Å². The van der Waals surface area contributed by atoms with Crippen molar-refractivity contribution >= 4 is 44.8 Å². The largest absolute Gasteiger partial charge is 0.481 e. The van der Waals surface area contributed by atoms with E-state index in [1.807, 2.05) is 26.8 Å². The maximum absolute atomic E-state index is 13.3. The topological polar surface area (TPSA) is 80.3 Å². The third-order valence-corrected chi connectivity index (χ3v) is 9.98. The fourth-order valence-electron chi connectivity index (χ4n) is 6.65. The van der Waals surface area contributed by atoms with Crippen LogP contribution in [0, 0.1) is 11.3 Å². The number of nitrogens with zero attached hydrogens (tertiary/aromatic N) is 5. The second-order valence-electron chi connectivity index (χ2n) is 13.9. The Morgan fingerprint density at radius 3 is 2.39 bits per heavy atom. The minimum atomic E-state index is -4.51. The van der Waals surface area contributed by atoms with Gasteiger partial charge in [0.1, 0.15) is 22.8 Å². The van der Waals surface area contributed by atoms with E-state index >= 15 is 0 Å². The van der Waals surface area contributed by atoms with Gasteiger partial charge in [-0.05, 0) is 93.0 Å². The molecule has 46 heavy (non-hydrogen) atoms. The van der Waals surface area contributed by atoms with Crippen LogP contribution in [-0.4, -0.2) is 104 Å². The summed E-state index contributed by atoms with van der Waals surface area (Å²) in [6.45, 7) is 14.2. The number of alkyl halides is 3. The quantitative estimate of drug-likeness (QED) is 0.284. The monoisotopic (exact) mass is 711 g/mol. The summed E-state index contributed by atoms with van der Waals surface area (Å²) in [4.78, 5) is 28.9. The standard InChI is InChI=1S/C33H45BrF3N5O4/c1-6-23-18-24-27(28(26(23)34)45-21-33(35,36)37)38-25(17-22-7-11-40(12-8-22)15-16-44-5)39-29(24)41-13-9-32(10-14-41)19-42(20-32)30(43)46-31(2,3)4/h6,18,22H,1,7-17,19-21H2,2-5H3. The van der Waals surface area contributed by atoms with Crippen LogP contribution in [0.25, 0.3) is 17.0 Å². The van der Waals surface area contributed by atoms with E-state index in [0.717, 1.165) is 45.3 Å². The molecule has 2 aromatic rings. The Morgan fingerprint density at radius 1 is 1.13 bits per heavy atom. The Morgan fingerprint density at radius 2 is 1.80 bits per heavy atom. The average molecular weight is 713 g/mol. The minimum Gasteiger partial charge on any atom is -0.481 e. The van der Waals surface area contributed by atoms with Crippen LogP contribution in [0.1, 0.15) is 57.8 Å². The lowest BCUT2D eigenvalue weighted by molar-refractivity contribution is -0.153. The van der Waals surface area contributed by atoms with Gasteiger partial charge in [0.25, 0.3) is 0 Å². The number of carbonyl (C=O) groups excluding carboxylic acids is 1. The lowest BCUT2D eigenvalue weighted by Crippen LogP contribution is -2.62. The highest BCUT2D eigenvalue weighted by Crippen LogP contribution is 2.45. The first-order chi connectivity index (χ1) is 21.7. The van der Waals surface area contributed by atoms with Gasteiger partial charge in [0, 0.05) is 57.1 Å². The predicted molar refractivity (Wildman–Crippen MR) is 175 cm³/mol. The molecule has 1 amide bonds. The lowest BCUT2D eigenvalue weighted by atomic mass is 9.72. The van der Waals surface area contributed by atoms with Gasteiger partial charge in [0.05, 0.1) is 11.1 Å². The number of anilines is 1. The van der Waals surface area contributed by atoms with Crippen LogP contribution in [0.5, 0.6) is 5.75 Å². The highest BCUT2D eigenvalue weighted by atomic mass is 79.9. The average Bonchev–Trinajstić information content (AvgIpc) is 2.97. The van der Waals surface area contributed by atoms with E-state index in [9.17, 15) is 18.0 Å². The molecule has 5 rings (SSSR count). The number of aromatic nitrogens is 2. The molecule has 0 saturated carbocycles. The molecule has 3 aliphatic heterocycles. The summed E-state index contributed by atoms with van der Waals surface area (Å²) >= 11 is 3.47. The van der Waals surface area contributed by atoms with Gasteiger partial charge in [-0.3, -0.25) is 0 Å². The number of hydrogen-bond acceptors (Lipinski definition) is 8. The van der Waals surface area contributed by atoms with E-state index in [2.05, 4.69) is 32.3 Å². The summed E-state index contributed by atoms with van der Waals surface area (Å²) in [5, 5.41) is 0.633. The highest BCUT2D eigenvalue weighted by Gasteiger charge is 2.48. The second-order valence-corrected chi connectivity index (χ2v) is 14.7. The molecule has 0 aliphatic carbocycles. The molecule has 3 saturated heterocycles. The number of benzene rings is 1. The number of fused-ring (bicyclic) bond motifs is 1. The number of piperidine rings is 2. The van der Waals surface area contributed by atoms with Crippen LogP contribution >= 0.6 is 15.9 Å². The van der Waals surface area contributed by atoms with Crippen molar-refractivity contribution in [2.75, 3.05) is 71.0 Å². The predicted octanol–water partition coefficient (Wildman–Crippen LogP) is 6.71. The molecular formula is C33H45BrF3N5O4. The van der Waals surface area contributed by atoms with Gasteiger partial charge < -0.3 is 28.9 Å². The highest BCUT2D eigenvalue weighted by molar-refractivity contribution is 9.10. The molecule has 0 N–H and O–H groups in total. The first-order valence-corrected chi connectivity index (χ1v) is 16.8. The van der Waals surface area contributed by atoms with Crippen molar-refractivity contribution in [3.8, 4) is 5.75 Å². The van der Waals surface area contributed by atoms with Gasteiger partial charge in [0.2, 0.25) is 0 Å². The van der Waals surface area contributed by atoms with Gasteiger partial charge in [-0.2, -0.15) is 13.2 Å². The summed E-state index contributed by atoms with van der Waals surface area (Å²) in [5.74, 6) is 1.71. The van der Waals surface area contributed by atoms with Gasteiger partial charge in [-0.15, -0.1) is 0 Å². The maximum atomic E-state index is 13.3. The third kappa shape index (κ3) is 8.25.